The van der Waals surface area contributed by atoms with Crippen LogP contribution in [0.4, 0.5) is 0 Å². The van der Waals surface area contributed by atoms with E-state index in [4.69, 9.17) is 5.73 Å². The summed E-state index contributed by atoms with van der Waals surface area (Å²) in [6, 6.07) is 3.46. The van der Waals surface area contributed by atoms with Crippen LogP contribution in [0.5, 0.6) is 5.75 Å². The molecule has 0 radical (unpaired) electrons. The number of hydrogen-bond donors (Lipinski definition) is 3. The van der Waals surface area contributed by atoms with Crippen molar-refractivity contribution in [3.8, 4) is 5.75 Å². The van der Waals surface area contributed by atoms with Gasteiger partial charge in [-0.3, -0.25) is 9.59 Å². The van der Waals surface area contributed by atoms with Crippen molar-refractivity contribution >= 4 is 11.7 Å². The standard InChI is InChI=1S/C22H28N2O4.ClH/c1-24(12-13-2-3-13)9-8-21-11-15(25)6-7-22(21,28)17(24)10-14-4-5-16(20(23)27)19(26)18(14)21;/h4-5,13,17,28H,2-3,6-12H2,1H3,(H2-,23,26,27);1H/t17?,21-,22-,24+;/m1./s1. The van der Waals surface area contributed by atoms with E-state index in [1.807, 2.05) is 6.07 Å². The monoisotopic (exact) mass is 420 g/mol. The van der Waals surface area contributed by atoms with Crippen molar-refractivity contribution in [3.05, 3.63) is 28.8 Å². The molecule has 5 rings (SSSR count). The number of quaternary nitrogens is 1. The van der Waals surface area contributed by atoms with Crippen molar-refractivity contribution in [3.63, 3.8) is 0 Å². The molecule has 1 amide bonds. The van der Waals surface area contributed by atoms with Gasteiger partial charge in [0.1, 0.15) is 23.2 Å². The zero-order chi connectivity index (χ0) is 19.9. The van der Waals surface area contributed by atoms with E-state index >= 15 is 0 Å². The smallest absolute Gasteiger partial charge is 0.252 e. The van der Waals surface area contributed by atoms with Crippen LogP contribution in [-0.2, 0) is 16.6 Å². The topological polar surface area (TPSA) is 101 Å². The molecule has 2 bridgehead atoms. The molecule has 7 heteroatoms. The summed E-state index contributed by atoms with van der Waals surface area (Å²) in [5.41, 5.74) is 5.23. The molecule has 1 unspecified atom stereocenters. The molecule has 3 aliphatic carbocycles. The number of hydrogen-bond acceptors (Lipinski definition) is 4. The third-order valence-electron chi connectivity index (χ3n) is 8.26. The number of carbonyl (C=O) groups is 2. The van der Waals surface area contributed by atoms with Gasteiger partial charge in [-0.1, -0.05) is 6.07 Å². The summed E-state index contributed by atoms with van der Waals surface area (Å²) in [5.74, 6) is 0.0429. The summed E-state index contributed by atoms with van der Waals surface area (Å²) < 4.78 is 0.828. The average Bonchev–Trinajstić information content (AvgIpc) is 3.43. The van der Waals surface area contributed by atoms with Crippen LogP contribution in [0.15, 0.2) is 12.1 Å². The molecule has 1 aliphatic heterocycles. The number of fused-ring (bicyclic) bond motifs is 1. The minimum absolute atomic E-state index is 0. The Balaban J connectivity index is 0.00000205. The Morgan fingerprint density at radius 3 is 2.69 bits per heavy atom. The highest BCUT2D eigenvalue weighted by Crippen LogP contribution is 2.61. The number of halogens is 1. The molecule has 3 fully saturated rings. The van der Waals surface area contributed by atoms with Gasteiger partial charge >= 0.3 is 0 Å². The van der Waals surface area contributed by atoms with Crippen LogP contribution < -0.4 is 18.1 Å². The molecule has 1 heterocycles. The normalized spacial score (nSPS) is 37.9. The van der Waals surface area contributed by atoms with Crippen LogP contribution in [0.3, 0.4) is 0 Å². The first-order valence-corrected chi connectivity index (χ1v) is 10.4. The maximum absolute atomic E-state index is 12.6. The molecule has 4 atom stereocenters. The summed E-state index contributed by atoms with van der Waals surface area (Å²) in [6.45, 7) is 1.94. The van der Waals surface area contributed by atoms with Crippen LogP contribution in [-0.4, -0.2) is 58.2 Å². The lowest BCUT2D eigenvalue weighted by Gasteiger charge is -2.65. The fraction of sp³-hybridized carbons (Fsp3) is 0.636. The van der Waals surface area contributed by atoms with E-state index in [1.54, 1.807) is 6.07 Å². The van der Waals surface area contributed by atoms with Gasteiger partial charge in [0.25, 0.3) is 5.91 Å². The Morgan fingerprint density at radius 1 is 1.31 bits per heavy atom. The Bertz CT molecular complexity index is 901. The minimum atomic E-state index is -1.05. The number of benzene rings is 1. The van der Waals surface area contributed by atoms with Crippen molar-refractivity contribution in [2.24, 2.45) is 11.7 Å². The van der Waals surface area contributed by atoms with E-state index < -0.39 is 16.9 Å². The zero-order valence-electron chi connectivity index (χ0n) is 16.8. The Kier molecular flexibility index (Phi) is 4.58. The molecule has 1 aromatic carbocycles. The second-order valence-electron chi connectivity index (χ2n) is 9.88. The Hall–Kier alpha value is -1.63. The Labute approximate surface area is 177 Å². The fourth-order valence-electron chi connectivity index (χ4n) is 6.73. The van der Waals surface area contributed by atoms with E-state index in [1.165, 1.54) is 12.8 Å². The number of likely N-dealkylation sites (tertiary alicyclic amines) is 1. The number of Topliss-reactive ketones (excluding diaryl/α,β-unsaturated/α-hetero) is 1. The van der Waals surface area contributed by atoms with Gasteiger partial charge in [0.05, 0.1) is 25.7 Å². The summed E-state index contributed by atoms with van der Waals surface area (Å²) in [5, 5.41) is 23.2. The van der Waals surface area contributed by atoms with Crippen molar-refractivity contribution in [2.75, 3.05) is 20.1 Å². The van der Waals surface area contributed by atoms with Crippen LogP contribution in [0, 0.1) is 5.92 Å². The number of nitrogens with zero attached hydrogens (tertiary/aromatic N) is 1. The lowest BCUT2D eigenvalue weighted by atomic mass is 9.48. The molecule has 29 heavy (non-hydrogen) atoms. The van der Waals surface area contributed by atoms with E-state index in [0.29, 0.717) is 31.2 Å². The van der Waals surface area contributed by atoms with E-state index in [-0.39, 0.29) is 42.0 Å². The predicted molar refractivity (Wildman–Crippen MR) is 103 cm³/mol. The molecule has 4 N–H and O–H groups in total. The number of primary amides is 1. The number of carbonyl (C=O) groups excluding carboxylic acids is 2. The van der Waals surface area contributed by atoms with Gasteiger partial charge in [0.2, 0.25) is 0 Å². The third kappa shape index (κ3) is 2.69. The van der Waals surface area contributed by atoms with Gasteiger partial charge in [0.15, 0.2) is 0 Å². The minimum Gasteiger partial charge on any atom is -1.00 e. The van der Waals surface area contributed by atoms with Crippen molar-refractivity contribution in [1.82, 2.24) is 0 Å². The highest BCUT2D eigenvalue weighted by Gasteiger charge is 2.70. The van der Waals surface area contributed by atoms with E-state index in [2.05, 4.69) is 7.05 Å². The number of rotatable bonds is 3. The summed E-state index contributed by atoms with van der Waals surface area (Å²) >= 11 is 0. The summed E-state index contributed by atoms with van der Waals surface area (Å²) in [4.78, 5) is 24.4. The lowest BCUT2D eigenvalue weighted by Crippen LogP contribution is -3.00. The molecular weight excluding hydrogens is 392 g/mol. The molecule has 158 valence electrons. The second kappa shape index (κ2) is 6.43. The van der Waals surface area contributed by atoms with Crippen molar-refractivity contribution in [1.29, 1.82) is 0 Å². The van der Waals surface area contributed by atoms with Crippen LogP contribution in [0.1, 0.15) is 60.0 Å². The number of ketones is 1. The number of aliphatic hydroxyl groups is 1. The van der Waals surface area contributed by atoms with E-state index in [0.717, 1.165) is 29.1 Å². The van der Waals surface area contributed by atoms with Crippen LogP contribution in [0.2, 0.25) is 0 Å². The zero-order valence-corrected chi connectivity index (χ0v) is 17.5. The first-order valence-electron chi connectivity index (χ1n) is 10.4. The van der Waals surface area contributed by atoms with Gasteiger partial charge in [-0.2, -0.15) is 0 Å². The first-order chi connectivity index (χ1) is 13.2. The largest absolute Gasteiger partial charge is 1.00 e. The SMILES string of the molecule is C[N@@+]1(CC2CC2)CC[C@]23CC(=O)CC[C@@]2(O)C1Cc1ccc(C(N)=O)c(O)c13.[Cl-]. The number of likely N-dealkylation sites (N-methyl/N-ethyl adjacent to an activating group) is 1. The number of piperidine rings is 1. The molecule has 4 aliphatic rings. The van der Waals surface area contributed by atoms with Crippen molar-refractivity contribution < 1.29 is 36.7 Å². The second-order valence-corrected chi connectivity index (χ2v) is 9.88. The number of nitrogens with two attached hydrogens (primary N) is 1. The highest BCUT2D eigenvalue weighted by molar-refractivity contribution is 5.96. The Morgan fingerprint density at radius 2 is 2.03 bits per heavy atom. The first kappa shape index (κ1) is 20.6. The molecular formula is C22H29ClN2O4. The molecule has 2 saturated carbocycles. The molecule has 1 aromatic rings. The molecule has 1 saturated heterocycles. The van der Waals surface area contributed by atoms with Crippen molar-refractivity contribution in [2.45, 2.75) is 62.0 Å². The van der Waals surface area contributed by atoms with Crippen LogP contribution in [0.25, 0.3) is 0 Å². The van der Waals surface area contributed by atoms with Gasteiger partial charge in [0, 0.05) is 42.6 Å². The fourth-order valence-corrected chi connectivity index (χ4v) is 6.73. The summed E-state index contributed by atoms with van der Waals surface area (Å²) in [7, 11) is 2.25. The maximum atomic E-state index is 12.6. The van der Waals surface area contributed by atoms with Crippen LogP contribution >= 0.6 is 0 Å². The van der Waals surface area contributed by atoms with Gasteiger partial charge in [-0.25, -0.2) is 0 Å². The number of aromatic hydroxyl groups is 1. The molecule has 0 aromatic heterocycles. The average molecular weight is 421 g/mol. The third-order valence-corrected chi connectivity index (χ3v) is 8.26. The highest BCUT2D eigenvalue weighted by atomic mass is 35.5. The number of phenols is 1. The molecule has 6 nitrogen and oxygen atoms in total. The maximum Gasteiger partial charge on any atom is 0.252 e. The lowest BCUT2D eigenvalue weighted by molar-refractivity contribution is -0.950. The summed E-state index contributed by atoms with van der Waals surface area (Å²) in [6.07, 6.45) is 4.85. The van der Waals surface area contributed by atoms with Gasteiger partial charge < -0.3 is 32.8 Å². The molecule has 0 spiro atoms. The predicted octanol–water partition coefficient (Wildman–Crippen LogP) is -1.60. The van der Waals surface area contributed by atoms with Gasteiger partial charge in [-0.05, 0) is 30.9 Å². The number of amides is 1. The quantitative estimate of drug-likeness (QED) is 0.513. The van der Waals surface area contributed by atoms with Gasteiger partial charge in [-0.15, -0.1) is 0 Å². The van der Waals surface area contributed by atoms with E-state index in [9.17, 15) is 19.8 Å².